The molecular weight excluding hydrogens is 517 g/mol. The Bertz CT molecular complexity index is 1420. The first-order chi connectivity index (χ1) is 18.9. The lowest BCUT2D eigenvalue weighted by Gasteiger charge is -2.33. The minimum absolute atomic E-state index is 0.417. The summed E-state index contributed by atoms with van der Waals surface area (Å²) in [4.78, 5) is 14.1. The fraction of sp³-hybridized carbons (Fsp3) is 0.364. The van der Waals surface area contributed by atoms with Gasteiger partial charge in [0, 0.05) is 16.2 Å². The van der Waals surface area contributed by atoms with Crippen LogP contribution in [0.3, 0.4) is 0 Å². The molecule has 0 N–H and O–H groups in total. The van der Waals surface area contributed by atoms with Crippen molar-refractivity contribution in [1.29, 1.82) is 0 Å². The van der Waals surface area contributed by atoms with Crippen molar-refractivity contribution in [3.8, 4) is 17.2 Å². The molecule has 0 heterocycles. The van der Waals surface area contributed by atoms with Crippen LogP contribution in [-0.2, 0) is 0 Å². The summed E-state index contributed by atoms with van der Waals surface area (Å²) in [5, 5.41) is 3.84. The molecule has 6 heteroatoms. The van der Waals surface area contributed by atoms with E-state index in [2.05, 4.69) is 53.7 Å². The van der Waals surface area contributed by atoms with Gasteiger partial charge in [0.05, 0.1) is 0 Å². The molecule has 0 unspecified atom stereocenters. The summed E-state index contributed by atoms with van der Waals surface area (Å²) in [5.74, 6) is 1.53. The molecule has 4 rings (SSSR count). The zero-order valence-corrected chi connectivity index (χ0v) is 26.3. The number of rotatable bonds is 12. The van der Waals surface area contributed by atoms with E-state index in [0.29, 0.717) is 17.1 Å². The Hall–Kier alpha value is -3.10. The molecule has 0 aromatic heterocycles. The summed E-state index contributed by atoms with van der Waals surface area (Å²) in [6, 6.07) is 29.8. The topological polar surface area (TPSA) is 44.8 Å². The van der Waals surface area contributed by atoms with E-state index in [-0.39, 0.29) is 0 Å². The van der Waals surface area contributed by atoms with Crippen molar-refractivity contribution >= 4 is 44.1 Å². The van der Waals surface area contributed by atoms with Crippen LogP contribution in [0.15, 0.2) is 72.8 Å². The molecule has 4 aromatic rings. The number of carbonyl (C=O) groups is 1. The second kappa shape index (κ2) is 12.4. The van der Waals surface area contributed by atoms with Gasteiger partial charge in [-0.1, -0.05) is 102 Å². The van der Waals surface area contributed by atoms with Crippen molar-refractivity contribution in [2.24, 2.45) is 0 Å². The highest BCUT2D eigenvalue weighted by Gasteiger charge is 2.36. The average Bonchev–Trinajstić information content (AvgIpc) is 2.99. The lowest BCUT2D eigenvalue weighted by Crippen LogP contribution is -2.40. The normalized spacial score (nSPS) is 12.1. The highest BCUT2D eigenvalue weighted by Crippen LogP contribution is 2.42. The van der Waals surface area contributed by atoms with E-state index < -0.39 is 22.6 Å². The van der Waals surface area contributed by atoms with Gasteiger partial charge in [-0.25, -0.2) is 4.79 Å². The quantitative estimate of drug-likeness (QED) is 0.0986. The Labute approximate surface area is 235 Å². The van der Waals surface area contributed by atoms with Crippen molar-refractivity contribution in [3.05, 3.63) is 78.4 Å². The molecule has 206 valence electrons. The second-order valence-electron chi connectivity index (χ2n) is 10.4. The summed E-state index contributed by atoms with van der Waals surface area (Å²) in [6.45, 7) is 13.3. The zero-order valence-electron chi connectivity index (χ0n) is 24.3. The molecular formula is C33H42O4Si2. The third kappa shape index (κ3) is 5.77. The fourth-order valence-electron chi connectivity index (χ4n) is 5.48. The molecule has 0 radical (unpaired) electrons. The molecule has 0 fully saturated rings. The first kappa shape index (κ1) is 28.9. The highest BCUT2D eigenvalue weighted by atomic mass is 28.4. The maximum atomic E-state index is 14.1. The Morgan fingerprint density at radius 1 is 0.590 bits per heavy atom. The number of ether oxygens (including phenoxy) is 1. The largest absolute Gasteiger partial charge is 0.543 e. The van der Waals surface area contributed by atoms with Gasteiger partial charge >= 0.3 is 5.97 Å². The molecule has 39 heavy (non-hydrogen) atoms. The van der Waals surface area contributed by atoms with Crippen LogP contribution in [0.4, 0.5) is 0 Å². The molecule has 0 aliphatic carbocycles. The van der Waals surface area contributed by atoms with Gasteiger partial charge in [0.25, 0.3) is 16.6 Å². The molecule has 0 saturated heterocycles. The molecule has 4 nitrogen and oxygen atoms in total. The summed E-state index contributed by atoms with van der Waals surface area (Å²) >= 11 is 0. The zero-order chi connectivity index (χ0) is 28.0. The van der Waals surface area contributed by atoms with Gasteiger partial charge in [-0.15, -0.1) is 0 Å². The predicted molar refractivity (Wildman–Crippen MR) is 169 cm³/mol. The number of fused-ring (bicyclic) bond motifs is 2. The Kier molecular flexibility index (Phi) is 9.18. The first-order valence-electron chi connectivity index (χ1n) is 14.5. The van der Waals surface area contributed by atoms with E-state index in [1.54, 1.807) is 0 Å². The summed E-state index contributed by atoms with van der Waals surface area (Å²) in [5.41, 5.74) is 0.440. The van der Waals surface area contributed by atoms with E-state index >= 15 is 0 Å². The van der Waals surface area contributed by atoms with Crippen LogP contribution in [0.2, 0.25) is 36.3 Å². The van der Waals surface area contributed by atoms with Crippen LogP contribution < -0.4 is 13.6 Å². The third-order valence-electron chi connectivity index (χ3n) is 8.64. The molecule has 0 aliphatic rings. The van der Waals surface area contributed by atoms with Crippen LogP contribution in [-0.4, -0.2) is 22.6 Å². The maximum absolute atomic E-state index is 14.1. The average molecular weight is 559 g/mol. The van der Waals surface area contributed by atoms with Crippen molar-refractivity contribution in [2.75, 3.05) is 0 Å². The number of carbonyl (C=O) groups excluding carboxylic acids is 1. The van der Waals surface area contributed by atoms with Crippen LogP contribution in [0, 0.1) is 0 Å². The van der Waals surface area contributed by atoms with Crippen LogP contribution >= 0.6 is 0 Å². The minimum Gasteiger partial charge on any atom is -0.543 e. The maximum Gasteiger partial charge on any atom is 0.347 e. The van der Waals surface area contributed by atoms with Gasteiger partial charge in [-0.05, 0) is 53.8 Å². The van der Waals surface area contributed by atoms with Crippen LogP contribution in [0.1, 0.15) is 51.9 Å². The van der Waals surface area contributed by atoms with Gasteiger partial charge in [0.1, 0.15) is 22.8 Å². The van der Waals surface area contributed by atoms with Crippen molar-refractivity contribution in [2.45, 2.75) is 77.8 Å². The molecule has 4 aromatic carbocycles. The van der Waals surface area contributed by atoms with Crippen molar-refractivity contribution in [3.63, 3.8) is 0 Å². The molecule has 0 amide bonds. The highest BCUT2D eigenvalue weighted by molar-refractivity contribution is 6.75. The Balaban J connectivity index is 1.92. The fourth-order valence-corrected chi connectivity index (χ4v) is 10.6. The van der Waals surface area contributed by atoms with Crippen LogP contribution in [0.5, 0.6) is 17.2 Å². The van der Waals surface area contributed by atoms with E-state index in [1.807, 2.05) is 60.7 Å². The standard InChI is InChI=1S/C33H42O4Si2/c1-7-38(8-2,9-3)36-31-24-29(33(34)35-30-23-17-19-25-18-13-14-20-26(25)30)32(28-22-16-15-21-27(28)31)37-39(10-4,11-5)12-6/h13-24H,7-12H2,1-6H3. The molecule has 0 bridgehead atoms. The van der Waals surface area contributed by atoms with Crippen LogP contribution in [0.25, 0.3) is 21.5 Å². The lowest BCUT2D eigenvalue weighted by atomic mass is 10.0. The third-order valence-corrected chi connectivity index (χ3v) is 17.7. The SMILES string of the molecule is CC[Si](CC)(CC)Oc1cc(C(=O)Oc2cccc3ccccc23)c(O[Si](CC)(CC)CC)c2ccccc12. The minimum atomic E-state index is -2.11. The summed E-state index contributed by atoms with van der Waals surface area (Å²) in [7, 11) is -4.13. The monoisotopic (exact) mass is 558 g/mol. The van der Waals surface area contributed by atoms with E-state index in [4.69, 9.17) is 13.6 Å². The van der Waals surface area contributed by atoms with Gasteiger partial charge in [-0.3, -0.25) is 0 Å². The number of esters is 1. The van der Waals surface area contributed by atoms with Gasteiger partial charge < -0.3 is 13.6 Å². The van der Waals surface area contributed by atoms with E-state index in [1.165, 1.54) is 0 Å². The van der Waals surface area contributed by atoms with Gasteiger partial charge in [0.15, 0.2) is 0 Å². The number of benzene rings is 4. The van der Waals surface area contributed by atoms with E-state index in [0.717, 1.165) is 63.6 Å². The second-order valence-corrected chi connectivity index (χ2v) is 19.7. The summed E-state index contributed by atoms with van der Waals surface area (Å²) < 4.78 is 20.1. The van der Waals surface area contributed by atoms with Gasteiger partial charge in [-0.2, -0.15) is 0 Å². The molecule has 0 aliphatic heterocycles. The molecule has 0 atom stereocenters. The van der Waals surface area contributed by atoms with Gasteiger partial charge in [0.2, 0.25) is 0 Å². The number of hydrogen-bond acceptors (Lipinski definition) is 4. The number of hydrogen-bond donors (Lipinski definition) is 0. The Morgan fingerprint density at radius 3 is 1.72 bits per heavy atom. The summed E-state index contributed by atoms with van der Waals surface area (Å²) in [6.07, 6.45) is 0. The van der Waals surface area contributed by atoms with Crippen molar-refractivity contribution in [1.82, 2.24) is 0 Å². The van der Waals surface area contributed by atoms with Crippen molar-refractivity contribution < 1.29 is 18.4 Å². The first-order valence-corrected chi connectivity index (χ1v) is 19.6. The molecule has 0 saturated carbocycles. The Morgan fingerprint density at radius 2 is 1.10 bits per heavy atom. The van der Waals surface area contributed by atoms with E-state index in [9.17, 15) is 4.79 Å². The molecule has 0 spiro atoms. The predicted octanol–water partition coefficient (Wildman–Crippen LogP) is 9.98. The smallest absolute Gasteiger partial charge is 0.347 e. The lowest BCUT2D eigenvalue weighted by molar-refractivity contribution is 0.0735.